The molecule has 1 aliphatic rings. The molecular weight excluding hydrogens is 448 g/mol. The van der Waals surface area contributed by atoms with Gasteiger partial charge in [0.1, 0.15) is 0 Å². The summed E-state index contributed by atoms with van der Waals surface area (Å²) in [6.45, 7) is 1.89. The van der Waals surface area contributed by atoms with Gasteiger partial charge in [0.05, 0.1) is 34.6 Å². The zero-order valence-electron chi connectivity index (χ0n) is 15.1. The van der Waals surface area contributed by atoms with Gasteiger partial charge >= 0.3 is 18.0 Å². The van der Waals surface area contributed by atoms with E-state index in [4.69, 9.17) is 9.84 Å². The number of aromatic carboxylic acids is 1. The first kappa shape index (κ1) is 20.1. The van der Waals surface area contributed by atoms with Gasteiger partial charge in [-0.05, 0) is 52.7 Å². The Kier molecular flexibility index (Phi) is 5.85. The third-order valence-corrected chi connectivity index (χ3v) is 6.11. The van der Waals surface area contributed by atoms with Crippen molar-refractivity contribution in [1.82, 2.24) is 10.2 Å². The Labute approximate surface area is 173 Å². The van der Waals surface area contributed by atoms with Crippen molar-refractivity contribution in [2.24, 2.45) is 0 Å². The molecule has 0 spiro atoms. The highest BCUT2D eigenvalue weighted by Crippen LogP contribution is 2.36. The zero-order chi connectivity index (χ0) is 20.4. The minimum atomic E-state index is -1.02. The van der Waals surface area contributed by atoms with E-state index in [-0.39, 0.29) is 18.1 Å². The fourth-order valence-electron chi connectivity index (χ4n) is 2.98. The van der Waals surface area contributed by atoms with Gasteiger partial charge in [-0.1, -0.05) is 12.1 Å². The zero-order valence-corrected chi connectivity index (χ0v) is 17.5. The molecule has 1 aromatic heterocycles. The molecule has 1 atom stereocenters. The number of carboxylic acid groups (broad SMARTS) is 1. The van der Waals surface area contributed by atoms with Crippen LogP contribution >= 0.6 is 27.3 Å². The molecule has 0 aliphatic carbocycles. The second-order valence-electron chi connectivity index (χ2n) is 6.10. The third-order valence-electron chi connectivity index (χ3n) is 4.42. The molecule has 28 heavy (non-hydrogen) atoms. The van der Waals surface area contributed by atoms with Gasteiger partial charge in [-0.2, -0.15) is 0 Å². The van der Waals surface area contributed by atoms with Crippen LogP contribution in [-0.4, -0.2) is 35.1 Å². The fraction of sp³-hybridized carbons (Fsp3) is 0.211. The van der Waals surface area contributed by atoms with E-state index in [2.05, 4.69) is 21.2 Å². The van der Waals surface area contributed by atoms with Crippen LogP contribution in [-0.2, 0) is 16.1 Å². The predicted octanol–water partition coefficient (Wildman–Crippen LogP) is 3.92. The summed E-state index contributed by atoms with van der Waals surface area (Å²) in [4.78, 5) is 38.5. The molecule has 2 amide bonds. The molecule has 1 aliphatic heterocycles. The van der Waals surface area contributed by atoms with E-state index < -0.39 is 18.0 Å². The number of halogens is 1. The Morgan fingerprint density at radius 1 is 1.25 bits per heavy atom. The molecule has 0 bridgehead atoms. The Bertz CT molecular complexity index is 967. The summed E-state index contributed by atoms with van der Waals surface area (Å²) in [6, 6.07) is 9.00. The number of carboxylic acids is 1. The molecule has 0 saturated heterocycles. The molecule has 0 radical (unpaired) electrons. The lowest BCUT2D eigenvalue weighted by Gasteiger charge is -2.34. The van der Waals surface area contributed by atoms with Gasteiger partial charge in [0.2, 0.25) is 0 Å². The van der Waals surface area contributed by atoms with E-state index in [1.165, 1.54) is 35.5 Å². The van der Waals surface area contributed by atoms with Gasteiger partial charge in [-0.25, -0.2) is 14.4 Å². The van der Waals surface area contributed by atoms with Crippen LogP contribution in [0.2, 0.25) is 0 Å². The number of allylic oxidation sites excluding steroid dienone is 1. The van der Waals surface area contributed by atoms with Crippen molar-refractivity contribution >= 4 is 45.2 Å². The van der Waals surface area contributed by atoms with Crippen molar-refractivity contribution in [2.45, 2.75) is 19.5 Å². The number of amides is 2. The number of hydrogen-bond acceptors (Lipinski definition) is 5. The van der Waals surface area contributed by atoms with Crippen molar-refractivity contribution in [1.29, 1.82) is 0 Å². The summed E-state index contributed by atoms with van der Waals surface area (Å²) in [5.74, 6) is -1.53. The van der Waals surface area contributed by atoms with Crippen LogP contribution in [0.5, 0.6) is 0 Å². The van der Waals surface area contributed by atoms with Gasteiger partial charge in [0.25, 0.3) is 0 Å². The second-order valence-corrected chi connectivity index (χ2v) is 8.60. The molecule has 0 fully saturated rings. The highest BCUT2D eigenvalue weighted by molar-refractivity contribution is 9.11. The number of esters is 1. The predicted molar refractivity (Wildman–Crippen MR) is 107 cm³/mol. The standard InChI is InChI=1S/C19H17BrN2O5S/c1-10-15(18(25)27-2)16(13-7-8-14(20)28-13)21-19(26)22(10)9-11-3-5-12(6-4-11)17(23)24/h3-8,16H,9H2,1-2H3,(H,21,26)(H,23,24). The topological polar surface area (TPSA) is 95.9 Å². The number of nitrogens with zero attached hydrogens (tertiary/aromatic N) is 1. The molecule has 1 aromatic carbocycles. The SMILES string of the molecule is COC(=O)C1=C(C)N(Cc2ccc(C(=O)O)cc2)C(=O)NC1c1ccc(Br)s1. The van der Waals surface area contributed by atoms with E-state index in [9.17, 15) is 14.4 Å². The molecule has 146 valence electrons. The first-order chi connectivity index (χ1) is 13.3. The summed E-state index contributed by atoms with van der Waals surface area (Å²) in [6.07, 6.45) is 0. The average Bonchev–Trinajstić information content (AvgIpc) is 3.10. The van der Waals surface area contributed by atoms with Gasteiger partial charge in [-0.3, -0.25) is 4.90 Å². The Morgan fingerprint density at radius 2 is 1.93 bits per heavy atom. The minimum absolute atomic E-state index is 0.165. The smallest absolute Gasteiger partial charge is 0.338 e. The van der Waals surface area contributed by atoms with Crippen LogP contribution in [0.3, 0.4) is 0 Å². The Morgan fingerprint density at radius 3 is 2.46 bits per heavy atom. The van der Waals surface area contributed by atoms with Crippen molar-refractivity contribution in [3.8, 4) is 0 Å². The molecule has 2 N–H and O–H groups in total. The highest BCUT2D eigenvalue weighted by atomic mass is 79.9. The van der Waals surface area contributed by atoms with Crippen molar-refractivity contribution in [3.05, 3.63) is 67.5 Å². The largest absolute Gasteiger partial charge is 0.478 e. The maximum absolute atomic E-state index is 12.8. The van der Waals surface area contributed by atoms with Crippen molar-refractivity contribution in [3.63, 3.8) is 0 Å². The number of benzene rings is 1. The van der Waals surface area contributed by atoms with Crippen LogP contribution in [0, 0.1) is 0 Å². The minimum Gasteiger partial charge on any atom is -0.478 e. The molecule has 2 aromatic rings. The van der Waals surface area contributed by atoms with E-state index in [0.29, 0.717) is 11.3 Å². The Balaban J connectivity index is 1.96. The molecular formula is C19H17BrN2O5S. The number of rotatable bonds is 5. The normalized spacial score (nSPS) is 16.8. The van der Waals surface area contributed by atoms with Crippen molar-refractivity contribution < 1.29 is 24.2 Å². The number of hydrogen-bond donors (Lipinski definition) is 2. The first-order valence-corrected chi connectivity index (χ1v) is 9.87. The number of nitrogens with one attached hydrogen (secondary N) is 1. The lowest BCUT2D eigenvalue weighted by Crippen LogP contribution is -2.47. The number of carbonyl (C=O) groups is 3. The lowest BCUT2D eigenvalue weighted by atomic mass is 10.00. The van der Waals surface area contributed by atoms with Gasteiger partial charge in [0, 0.05) is 10.6 Å². The maximum Gasteiger partial charge on any atom is 0.338 e. The number of carbonyl (C=O) groups excluding carboxylic acids is 2. The fourth-order valence-corrected chi connectivity index (χ4v) is 4.46. The van der Waals surface area contributed by atoms with Crippen molar-refractivity contribution in [2.75, 3.05) is 7.11 Å². The number of ether oxygens (including phenoxy) is 1. The van der Waals surface area contributed by atoms with E-state index >= 15 is 0 Å². The van der Waals surface area contributed by atoms with Crippen LogP contribution in [0.1, 0.15) is 33.8 Å². The number of methoxy groups -OCH3 is 1. The summed E-state index contributed by atoms with van der Waals surface area (Å²) < 4.78 is 5.84. The van der Waals surface area contributed by atoms with Crippen LogP contribution < -0.4 is 5.32 Å². The van der Waals surface area contributed by atoms with Gasteiger partial charge < -0.3 is 15.2 Å². The molecule has 2 heterocycles. The lowest BCUT2D eigenvalue weighted by molar-refractivity contribution is -0.136. The summed E-state index contributed by atoms with van der Waals surface area (Å²) in [5.41, 5.74) is 1.75. The highest BCUT2D eigenvalue weighted by Gasteiger charge is 2.36. The first-order valence-electron chi connectivity index (χ1n) is 8.26. The van der Waals surface area contributed by atoms with E-state index in [1.54, 1.807) is 19.1 Å². The molecule has 1 unspecified atom stereocenters. The number of thiophene rings is 1. The maximum atomic E-state index is 12.8. The Hall–Kier alpha value is -2.65. The summed E-state index contributed by atoms with van der Waals surface area (Å²) >= 11 is 4.82. The van der Waals surface area contributed by atoms with E-state index in [1.807, 2.05) is 12.1 Å². The summed E-state index contributed by atoms with van der Waals surface area (Å²) in [5, 5.41) is 11.9. The monoisotopic (exact) mass is 464 g/mol. The molecule has 9 heteroatoms. The summed E-state index contributed by atoms with van der Waals surface area (Å²) in [7, 11) is 1.30. The van der Waals surface area contributed by atoms with Crippen LogP contribution in [0.15, 0.2) is 51.5 Å². The quantitative estimate of drug-likeness (QED) is 0.653. The van der Waals surface area contributed by atoms with Gasteiger partial charge in [-0.15, -0.1) is 11.3 Å². The van der Waals surface area contributed by atoms with Crippen LogP contribution in [0.25, 0.3) is 0 Å². The van der Waals surface area contributed by atoms with Crippen LogP contribution in [0.4, 0.5) is 4.79 Å². The molecule has 7 nitrogen and oxygen atoms in total. The second kappa shape index (κ2) is 8.15. The third kappa shape index (κ3) is 3.95. The average molecular weight is 465 g/mol. The van der Waals surface area contributed by atoms with E-state index in [0.717, 1.165) is 14.2 Å². The molecule has 3 rings (SSSR count). The molecule has 0 saturated carbocycles. The number of urea groups is 1. The van der Waals surface area contributed by atoms with Gasteiger partial charge in [0.15, 0.2) is 0 Å².